The lowest BCUT2D eigenvalue weighted by Gasteiger charge is -2.31. The number of halogens is 5. The van der Waals surface area contributed by atoms with Crippen molar-refractivity contribution in [3.8, 4) is 0 Å². The van der Waals surface area contributed by atoms with Crippen LogP contribution in [0.5, 0.6) is 0 Å². The van der Waals surface area contributed by atoms with Crippen LogP contribution < -0.4 is 16.0 Å². The largest absolute Gasteiger partial charge is 0.490 e. The van der Waals surface area contributed by atoms with Crippen molar-refractivity contribution in [3.05, 3.63) is 70.8 Å². The molecule has 3 atom stereocenters. The molecule has 1 aliphatic heterocycles. The molecule has 326 valence electrons. The number of alkyl halides is 3. The van der Waals surface area contributed by atoms with Crippen molar-refractivity contribution in [3.63, 3.8) is 0 Å². The Kier molecular flexibility index (Phi) is 20.5. The molecule has 3 rings (SSSR count). The number of nitrogens with one attached hydrogen (secondary N) is 3. The van der Waals surface area contributed by atoms with E-state index in [9.17, 15) is 49.9 Å². The summed E-state index contributed by atoms with van der Waals surface area (Å²) in [5.41, 5.74) is 2.27. The van der Waals surface area contributed by atoms with Crippen LogP contribution in [0.15, 0.2) is 42.5 Å². The van der Waals surface area contributed by atoms with Crippen LogP contribution in [0.4, 0.5) is 26.7 Å². The highest BCUT2D eigenvalue weighted by Gasteiger charge is 2.38. The van der Waals surface area contributed by atoms with E-state index in [0.29, 0.717) is 64.2 Å². The number of nitrogens with zero attached hydrogens (tertiary/aromatic N) is 1. The minimum absolute atomic E-state index is 0.0223. The average molecular weight is 851 g/mol. The Labute approximate surface area is 336 Å². The maximum absolute atomic E-state index is 14.2. The van der Waals surface area contributed by atoms with Crippen molar-refractivity contribution in [1.29, 1.82) is 0 Å². The number of hydrogen-bond donors (Lipinski definition) is 5. The molecule has 19 heteroatoms. The van der Waals surface area contributed by atoms with Crippen molar-refractivity contribution in [2.45, 2.75) is 121 Å². The summed E-state index contributed by atoms with van der Waals surface area (Å²) in [6.45, 7) is 8.38. The molecule has 1 fully saturated rings. The van der Waals surface area contributed by atoms with E-state index in [1.807, 2.05) is 45.0 Å². The summed E-state index contributed by atoms with van der Waals surface area (Å²) in [5.74, 6) is -6.13. The van der Waals surface area contributed by atoms with Gasteiger partial charge in [0.05, 0.1) is 23.1 Å². The number of carboxylic acids is 1. The topological polar surface area (TPSA) is 191 Å². The molecule has 2 aromatic rings. The quantitative estimate of drug-likeness (QED) is 0.123. The number of benzene rings is 2. The summed E-state index contributed by atoms with van der Waals surface area (Å²) in [6, 6.07) is 8.06. The first-order valence-electron chi connectivity index (χ1n) is 19.1. The predicted molar refractivity (Wildman–Crippen MR) is 205 cm³/mol. The smallest absolute Gasteiger partial charge is 0.475 e. The third-order valence-corrected chi connectivity index (χ3v) is 11.7. The highest BCUT2D eigenvalue weighted by molar-refractivity contribution is 7.92. The van der Waals surface area contributed by atoms with Crippen molar-refractivity contribution < 1.29 is 64.5 Å². The number of ether oxygens (including phenoxy) is 1. The number of rotatable bonds is 19. The predicted octanol–water partition coefficient (Wildman–Crippen LogP) is 4.83. The minimum Gasteiger partial charge on any atom is -0.475 e. The Morgan fingerprint density at radius 3 is 2.00 bits per heavy atom. The summed E-state index contributed by atoms with van der Waals surface area (Å²) in [4.78, 5) is 49.3. The number of aliphatic hydroxyl groups is 1. The average Bonchev–Trinajstić information content (AvgIpc) is 3.13. The first-order valence-corrected chi connectivity index (χ1v) is 20.9. The summed E-state index contributed by atoms with van der Waals surface area (Å²) in [6.07, 6.45) is -4.52. The van der Waals surface area contributed by atoms with Crippen LogP contribution in [0.25, 0.3) is 0 Å². The van der Waals surface area contributed by atoms with Gasteiger partial charge in [0.1, 0.15) is 23.8 Å². The van der Waals surface area contributed by atoms with Crippen molar-refractivity contribution >= 4 is 33.7 Å². The fourth-order valence-corrected chi connectivity index (χ4v) is 8.49. The Morgan fingerprint density at radius 1 is 0.914 bits per heavy atom. The van der Waals surface area contributed by atoms with Gasteiger partial charge < -0.3 is 35.8 Å². The molecule has 0 aliphatic carbocycles. The molecule has 2 aromatic carbocycles. The van der Waals surface area contributed by atoms with Gasteiger partial charge in [-0.25, -0.2) is 26.8 Å². The van der Waals surface area contributed by atoms with Crippen LogP contribution in [0, 0.1) is 11.6 Å². The lowest BCUT2D eigenvalue weighted by molar-refractivity contribution is -0.192. The van der Waals surface area contributed by atoms with Crippen LogP contribution in [0.2, 0.25) is 0 Å². The zero-order valence-corrected chi connectivity index (χ0v) is 33.9. The van der Waals surface area contributed by atoms with Gasteiger partial charge in [0, 0.05) is 52.0 Å². The zero-order chi connectivity index (χ0) is 43.6. The molecule has 1 heterocycles. The molecular weight excluding hydrogens is 796 g/mol. The molecule has 0 aromatic heterocycles. The lowest BCUT2D eigenvalue weighted by atomic mass is 10.00. The molecule has 13 nitrogen and oxygen atoms in total. The SMILES string of the molecule is CCCC(CCC)S(=O)(=O)CC(NC(=O)OC1CCN(C(C)=O)CC1)C(=O)N[C@@H](Cc1cc(F)cc(F)c1)[C@H](O)CNCc1cccc(CC)c1.O=C(O)C(F)(F)F. The third kappa shape index (κ3) is 17.6. The fourth-order valence-electron chi connectivity index (χ4n) is 6.33. The second-order valence-corrected chi connectivity index (χ2v) is 16.4. The number of hydrogen-bond acceptors (Lipinski definition) is 9. The lowest BCUT2D eigenvalue weighted by Crippen LogP contribution is -2.57. The fraction of sp³-hybridized carbons (Fsp3) is 0.590. The molecule has 58 heavy (non-hydrogen) atoms. The highest BCUT2D eigenvalue weighted by atomic mass is 32.2. The van der Waals surface area contributed by atoms with Crippen molar-refractivity contribution in [2.75, 3.05) is 25.4 Å². The summed E-state index contributed by atoms with van der Waals surface area (Å²) >= 11 is 0. The number of carbonyl (C=O) groups excluding carboxylic acids is 3. The Bertz CT molecular complexity index is 1730. The molecule has 0 radical (unpaired) electrons. The van der Waals surface area contributed by atoms with Gasteiger partial charge in [0.15, 0.2) is 9.84 Å². The number of amides is 3. The third-order valence-electron chi connectivity index (χ3n) is 9.39. The number of alkyl carbamates (subject to hydrolysis) is 1. The van der Waals surface area contributed by atoms with Crippen LogP contribution in [0.1, 0.15) is 82.9 Å². The number of carboxylic acid groups (broad SMARTS) is 1. The molecule has 0 saturated carbocycles. The van der Waals surface area contributed by atoms with Gasteiger partial charge in [0.25, 0.3) is 0 Å². The number of aliphatic hydroxyl groups excluding tert-OH is 1. The Balaban J connectivity index is 0.00000151. The number of likely N-dealkylation sites (tertiary alicyclic amines) is 1. The number of carbonyl (C=O) groups is 4. The van der Waals surface area contributed by atoms with Gasteiger partial charge in [-0.2, -0.15) is 13.2 Å². The number of sulfone groups is 1. The number of aliphatic carboxylic acids is 1. The number of piperidine rings is 1. The second kappa shape index (κ2) is 23.9. The van der Waals surface area contributed by atoms with E-state index in [0.717, 1.165) is 29.7 Å². The molecular formula is C39H55F5N4O9S. The van der Waals surface area contributed by atoms with Gasteiger partial charge in [-0.15, -0.1) is 0 Å². The first-order chi connectivity index (χ1) is 27.2. The number of aryl methyl sites for hydroxylation is 1. The minimum atomic E-state index is -5.08. The molecule has 1 aliphatic rings. The van der Waals surface area contributed by atoms with E-state index in [2.05, 4.69) is 16.0 Å². The van der Waals surface area contributed by atoms with Gasteiger partial charge >= 0.3 is 18.2 Å². The second-order valence-electron chi connectivity index (χ2n) is 14.1. The standard InChI is InChI=1S/C37H54F2N4O7S.C2HF3O2/c1-5-9-32(10-6-2)51(48,49)24-34(42-37(47)50-31-13-15-43(16-14-31)25(4)44)36(46)41-33(20-28-18-29(38)21-30(39)19-28)35(45)23-40-22-27-12-8-11-26(7-3)17-27;3-2(4,5)1(6)7/h8,11-12,17-19,21,31-35,40,45H,5-7,9-10,13-16,20,22-24H2,1-4H3,(H,41,46)(H,42,47);(H,6,7)/t33-,34?,35+;/m0./s1. The molecule has 5 N–H and O–H groups in total. The molecule has 0 spiro atoms. The maximum atomic E-state index is 14.2. The maximum Gasteiger partial charge on any atom is 0.490 e. The van der Waals surface area contributed by atoms with Gasteiger partial charge in [0.2, 0.25) is 11.8 Å². The van der Waals surface area contributed by atoms with E-state index >= 15 is 0 Å². The van der Waals surface area contributed by atoms with E-state index in [1.165, 1.54) is 6.92 Å². The van der Waals surface area contributed by atoms with E-state index in [-0.39, 0.29) is 24.4 Å². The van der Waals surface area contributed by atoms with Crippen molar-refractivity contribution in [1.82, 2.24) is 20.9 Å². The Hall–Kier alpha value is -4.36. The van der Waals surface area contributed by atoms with Gasteiger partial charge in [-0.1, -0.05) is 57.9 Å². The van der Waals surface area contributed by atoms with Crippen LogP contribution >= 0.6 is 0 Å². The van der Waals surface area contributed by atoms with Crippen LogP contribution in [-0.2, 0) is 48.3 Å². The highest BCUT2D eigenvalue weighted by Crippen LogP contribution is 2.19. The van der Waals surface area contributed by atoms with Gasteiger partial charge in [-0.3, -0.25) is 9.59 Å². The van der Waals surface area contributed by atoms with Gasteiger partial charge in [-0.05, 0) is 54.5 Å². The van der Waals surface area contributed by atoms with Crippen LogP contribution in [-0.4, -0.2) is 109 Å². The summed E-state index contributed by atoms with van der Waals surface area (Å²) in [7, 11) is -3.91. The van der Waals surface area contributed by atoms with Crippen molar-refractivity contribution in [2.24, 2.45) is 0 Å². The molecule has 0 bridgehead atoms. The molecule has 1 saturated heterocycles. The van der Waals surface area contributed by atoms with Crippen LogP contribution in [0.3, 0.4) is 0 Å². The normalized spacial score (nSPS) is 15.1. The van der Waals surface area contributed by atoms with E-state index in [4.69, 9.17) is 14.6 Å². The van der Waals surface area contributed by atoms with E-state index in [1.54, 1.807) is 4.90 Å². The summed E-state index contributed by atoms with van der Waals surface area (Å²) in [5, 5.41) is 26.0. The van der Waals surface area contributed by atoms with E-state index < -0.39 is 80.9 Å². The monoisotopic (exact) mass is 850 g/mol. The zero-order valence-electron chi connectivity index (χ0n) is 33.1. The first kappa shape index (κ1) is 49.8. The molecule has 1 unspecified atom stereocenters. The Morgan fingerprint density at radius 2 is 1.48 bits per heavy atom. The molecule has 3 amide bonds. The summed E-state index contributed by atoms with van der Waals surface area (Å²) < 4.78 is 92.9.